The van der Waals surface area contributed by atoms with E-state index in [-0.39, 0.29) is 0 Å². The third kappa shape index (κ3) is 1.91. The van der Waals surface area contributed by atoms with Gasteiger partial charge in [0.1, 0.15) is 0 Å². The Morgan fingerprint density at radius 3 is 2.79 bits per heavy atom. The van der Waals surface area contributed by atoms with Gasteiger partial charge in [-0.3, -0.25) is 0 Å². The lowest BCUT2D eigenvalue weighted by Gasteiger charge is -2.01. The van der Waals surface area contributed by atoms with E-state index < -0.39 is 0 Å². The topological polar surface area (TPSA) is 38.7 Å². The second-order valence-electron chi connectivity index (χ2n) is 2.59. The van der Waals surface area contributed by atoms with E-state index >= 15 is 0 Å². The molecule has 1 heterocycles. The zero-order valence-electron chi connectivity index (χ0n) is 6.98. The van der Waals surface area contributed by atoms with E-state index in [9.17, 15) is 0 Å². The molecule has 3 nitrogen and oxygen atoms in total. The molecule has 0 aliphatic carbocycles. The summed E-state index contributed by atoms with van der Waals surface area (Å²) in [5, 5.41) is 8.24. The molecule has 2 rings (SSSR count). The van der Waals surface area contributed by atoms with Crippen LogP contribution in [-0.4, -0.2) is 15.2 Å². The standard InChI is InChI=1S/C9H5BrClN3/c10-6-1-2-8(11)7(5-6)9-12-3-4-13-14-9/h1-5H. The molecule has 0 atom stereocenters. The van der Waals surface area contributed by atoms with Gasteiger partial charge in [-0.1, -0.05) is 27.5 Å². The van der Waals surface area contributed by atoms with Crippen LogP contribution in [0.2, 0.25) is 5.02 Å². The van der Waals surface area contributed by atoms with Gasteiger partial charge in [0.25, 0.3) is 0 Å². The van der Waals surface area contributed by atoms with Gasteiger partial charge in [0.2, 0.25) is 0 Å². The number of rotatable bonds is 1. The van der Waals surface area contributed by atoms with E-state index in [4.69, 9.17) is 11.6 Å². The molecule has 0 N–H and O–H groups in total. The van der Waals surface area contributed by atoms with Crippen LogP contribution >= 0.6 is 27.5 Å². The van der Waals surface area contributed by atoms with Crippen molar-refractivity contribution in [1.82, 2.24) is 15.2 Å². The summed E-state index contributed by atoms with van der Waals surface area (Å²) < 4.78 is 0.935. The van der Waals surface area contributed by atoms with Crippen molar-refractivity contribution < 1.29 is 0 Å². The Hall–Kier alpha value is -1.00. The van der Waals surface area contributed by atoms with E-state index in [0.29, 0.717) is 10.8 Å². The van der Waals surface area contributed by atoms with Crippen molar-refractivity contribution in [2.75, 3.05) is 0 Å². The van der Waals surface area contributed by atoms with Crippen LogP contribution in [0, 0.1) is 0 Å². The average molecular weight is 271 g/mol. The molecule has 1 aromatic heterocycles. The summed E-state index contributed by atoms with van der Waals surface area (Å²) in [6.45, 7) is 0. The van der Waals surface area contributed by atoms with Crippen LogP contribution in [-0.2, 0) is 0 Å². The maximum Gasteiger partial charge on any atom is 0.183 e. The lowest BCUT2D eigenvalue weighted by Crippen LogP contribution is -1.90. The SMILES string of the molecule is Clc1ccc(Br)cc1-c1nccnn1. The van der Waals surface area contributed by atoms with Crippen LogP contribution in [0.15, 0.2) is 35.1 Å². The van der Waals surface area contributed by atoms with Crippen molar-refractivity contribution in [3.05, 3.63) is 40.1 Å². The van der Waals surface area contributed by atoms with Crippen LogP contribution in [0.5, 0.6) is 0 Å². The average Bonchev–Trinajstić information content (AvgIpc) is 2.23. The summed E-state index contributed by atoms with van der Waals surface area (Å²) in [6.07, 6.45) is 3.11. The number of hydrogen-bond acceptors (Lipinski definition) is 3. The highest BCUT2D eigenvalue weighted by Crippen LogP contribution is 2.27. The monoisotopic (exact) mass is 269 g/mol. The summed E-state index contributed by atoms with van der Waals surface area (Å²) in [5.41, 5.74) is 0.772. The van der Waals surface area contributed by atoms with Gasteiger partial charge in [-0.05, 0) is 18.2 Å². The number of halogens is 2. The third-order valence-electron chi connectivity index (χ3n) is 1.65. The third-order valence-corrected chi connectivity index (χ3v) is 2.47. The first kappa shape index (κ1) is 9.55. The summed E-state index contributed by atoms with van der Waals surface area (Å²) in [5.74, 6) is 0.527. The molecular formula is C9H5BrClN3. The second-order valence-corrected chi connectivity index (χ2v) is 3.91. The fourth-order valence-corrected chi connectivity index (χ4v) is 1.60. The van der Waals surface area contributed by atoms with E-state index in [1.54, 1.807) is 12.3 Å². The van der Waals surface area contributed by atoms with Crippen molar-refractivity contribution >= 4 is 27.5 Å². The minimum absolute atomic E-state index is 0.527. The maximum absolute atomic E-state index is 6.00. The van der Waals surface area contributed by atoms with Crippen LogP contribution in [0.1, 0.15) is 0 Å². The van der Waals surface area contributed by atoms with Crippen LogP contribution in [0.4, 0.5) is 0 Å². The molecule has 0 saturated heterocycles. The fourth-order valence-electron chi connectivity index (χ4n) is 1.04. The van der Waals surface area contributed by atoms with Gasteiger partial charge < -0.3 is 0 Å². The summed E-state index contributed by atoms with van der Waals surface area (Å²) in [6, 6.07) is 5.51. The highest BCUT2D eigenvalue weighted by atomic mass is 79.9. The van der Waals surface area contributed by atoms with Gasteiger partial charge in [0.15, 0.2) is 5.82 Å². The van der Waals surface area contributed by atoms with Gasteiger partial charge in [0.05, 0.1) is 11.2 Å². The number of nitrogens with zero attached hydrogens (tertiary/aromatic N) is 3. The van der Waals surface area contributed by atoms with Gasteiger partial charge in [-0.25, -0.2) is 4.98 Å². The number of aromatic nitrogens is 3. The molecule has 0 aliphatic rings. The Labute approximate surface area is 94.3 Å². The molecule has 0 amide bonds. The van der Waals surface area contributed by atoms with Crippen LogP contribution in [0.3, 0.4) is 0 Å². The predicted octanol–water partition coefficient (Wildman–Crippen LogP) is 2.95. The fraction of sp³-hybridized carbons (Fsp3) is 0. The first-order valence-electron chi connectivity index (χ1n) is 3.86. The highest BCUT2D eigenvalue weighted by molar-refractivity contribution is 9.10. The molecule has 0 unspecified atom stereocenters. The number of hydrogen-bond donors (Lipinski definition) is 0. The van der Waals surface area contributed by atoms with Crippen molar-refractivity contribution in [3.63, 3.8) is 0 Å². The summed E-state index contributed by atoms with van der Waals surface area (Å²) >= 11 is 9.36. The molecule has 14 heavy (non-hydrogen) atoms. The van der Waals surface area contributed by atoms with E-state index in [1.807, 2.05) is 12.1 Å². The molecule has 0 bridgehead atoms. The minimum Gasteiger partial charge on any atom is -0.233 e. The Morgan fingerprint density at radius 2 is 2.07 bits per heavy atom. The highest BCUT2D eigenvalue weighted by Gasteiger charge is 2.06. The summed E-state index contributed by atoms with van der Waals surface area (Å²) in [7, 11) is 0. The zero-order valence-corrected chi connectivity index (χ0v) is 9.33. The largest absolute Gasteiger partial charge is 0.233 e. The van der Waals surface area contributed by atoms with Crippen molar-refractivity contribution in [1.29, 1.82) is 0 Å². The van der Waals surface area contributed by atoms with Crippen LogP contribution < -0.4 is 0 Å². The summed E-state index contributed by atoms with van der Waals surface area (Å²) in [4.78, 5) is 4.07. The Balaban J connectivity index is 2.57. The Kier molecular flexibility index (Phi) is 2.74. The second kappa shape index (κ2) is 4.02. The van der Waals surface area contributed by atoms with Crippen LogP contribution in [0.25, 0.3) is 11.4 Å². The lowest BCUT2D eigenvalue weighted by molar-refractivity contribution is 0.980. The molecule has 1 aromatic carbocycles. The zero-order chi connectivity index (χ0) is 9.97. The molecular weight excluding hydrogens is 265 g/mol. The Morgan fingerprint density at radius 1 is 1.21 bits per heavy atom. The quantitative estimate of drug-likeness (QED) is 0.800. The lowest BCUT2D eigenvalue weighted by atomic mass is 10.2. The first-order chi connectivity index (χ1) is 6.77. The van der Waals surface area contributed by atoms with Gasteiger partial charge in [-0.15, -0.1) is 5.10 Å². The van der Waals surface area contributed by atoms with E-state index in [1.165, 1.54) is 6.20 Å². The molecule has 0 fully saturated rings. The normalized spacial score (nSPS) is 10.1. The minimum atomic E-state index is 0.527. The van der Waals surface area contributed by atoms with Crippen molar-refractivity contribution in [3.8, 4) is 11.4 Å². The van der Waals surface area contributed by atoms with Crippen molar-refractivity contribution in [2.24, 2.45) is 0 Å². The van der Waals surface area contributed by atoms with Gasteiger partial charge in [0, 0.05) is 16.2 Å². The maximum atomic E-state index is 6.00. The molecule has 0 radical (unpaired) electrons. The van der Waals surface area contributed by atoms with Gasteiger partial charge in [-0.2, -0.15) is 5.10 Å². The first-order valence-corrected chi connectivity index (χ1v) is 5.03. The van der Waals surface area contributed by atoms with Gasteiger partial charge >= 0.3 is 0 Å². The number of benzene rings is 1. The Bertz CT molecular complexity index is 447. The van der Waals surface area contributed by atoms with E-state index in [0.717, 1.165) is 10.0 Å². The van der Waals surface area contributed by atoms with E-state index in [2.05, 4.69) is 31.1 Å². The molecule has 5 heteroatoms. The predicted molar refractivity (Wildman–Crippen MR) is 58.0 cm³/mol. The van der Waals surface area contributed by atoms with Crippen molar-refractivity contribution in [2.45, 2.75) is 0 Å². The molecule has 70 valence electrons. The molecule has 0 saturated carbocycles. The molecule has 0 spiro atoms. The smallest absolute Gasteiger partial charge is 0.183 e. The molecule has 0 aliphatic heterocycles. The molecule has 2 aromatic rings.